The summed E-state index contributed by atoms with van der Waals surface area (Å²) in [5, 5.41) is 0. The highest BCUT2D eigenvalue weighted by molar-refractivity contribution is 14.1. The van der Waals surface area contributed by atoms with Crippen molar-refractivity contribution >= 4 is 32.4 Å². The summed E-state index contributed by atoms with van der Waals surface area (Å²) in [6, 6.07) is 2.88. The zero-order valence-corrected chi connectivity index (χ0v) is 9.82. The molecule has 0 atom stereocenters. The van der Waals surface area contributed by atoms with Crippen LogP contribution in [0.25, 0.3) is 0 Å². The van der Waals surface area contributed by atoms with Gasteiger partial charge in [-0.1, -0.05) is 6.07 Å². The standard InChI is InChI=1S/C7H3F4IO2S/c8-4-2-1-3-5(12)6(4)15(13,14)7(9,10)11/h1-3H. The molecule has 0 amide bonds. The Hall–Kier alpha value is -0.380. The Morgan fingerprint density at radius 3 is 2.13 bits per heavy atom. The fraction of sp³-hybridized carbons (Fsp3) is 0.143. The minimum Gasteiger partial charge on any atom is -0.214 e. The Kier molecular flexibility index (Phi) is 3.29. The van der Waals surface area contributed by atoms with E-state index in [0.717, 1.165) is 12.1 Å². The van der Waals surface area contributed by atoms with Gasteiger partial charge in [-0.2, -0.15) is 13.2 Å². The lowest BCUT2D eigenvalue weighted by Crippen LogP contribution is -2.25. The van der Waals surface area contributed by atoms with E-state index in [4.69, 9.17) is 0 Å². The van der Waals surface area contributed by atoms with Crippen molar-refractivity contribution in [2.75, 3.05) is 0 Å². The van der Waals surface area contributed by atoms with Gasteiger partial charge in [-0.25, -0.2) is 12.8 Å². The van der Waals surface area contributed by atoms with Gasteiger partial charge in [-0.15, -0.1) is 0 Å². The predicted octanol–water partition coefficient (Wildman–Crippen LogP) is 2.72. The van der Waals surface area contributed by atoms with Gasteiger partial charge in [0.1, 0.15) is 10.7 Å². The Bertz CT molecular complexity index is 460. The molecule has 1 aromatic rings. The highest BCUT2D eigenvalue weighted by Crippen LogP contribution is 2.34. The molecule has 1 aromatic carbocycles. The minimum absolute atomic E-state index is 0.301. The van der Waals surface area contributed by atoms with Crippen LogP contribution < -0.4 is 0 Å². The monoisotopic (exact) mass is 354 g/mol. The lowest BCUT2D eigenvalue weighted by Gasteiger charge is -2.10. The Balaban J connectivity index is 3.55. The molecule has 0 heterocycles. The van der Waals surface area contributed by atoms with Crippen molar-refractivity contribution in [1.82, 2.24) is 0 Å². The van der Waals surface area contributed by atoms with E-state index in [-0.39, 0.29) is 3.57 Å². The molecule has 0 bridgehead atoms. The van der Waals surface area contributed by atoms with Crippen molar-refractivity contribution in [3.63, 3.8) is 0 Å². The van der Waals surface area contributed by atoms with Crippen LogP contribution in [-0.4, -0.2) is 13.9 Å². The smallest absolute Gasteiger partial charge is 0.214 e. The van der Waals surface area contributed by atoms with Gasteiger partial charge in [-0.05, 0) is 34.7 Å². The number of sulfone groups is 1. The summed E-state index contributed by atoms with van der Waals surface area (Å²) in [4.78, 5) is -1.32. The summed E-state index contributed by atoms with van der Waals surface area (Å²) < 4.78 is 70.9. The first-order valence-electron chi connectivity index (χ1n) is 3.43. The molecule has 0 fully saturated rings. The molecule has 0 spiro atoms. The predicted molar refractivity (Wildman–Crippen MR) is 52.4 cm³/mol. The Labute approximate surface area is 96.3 Å². The fourth-order valence-corrected chi connectivity index (χ4v) is 3.07. The van der Waals surface area contributed by atoms with E-state index in [1.807, 2.05) is 0 Å². The van der Waals surface area contributed by atoms with Crippen LogP contribution in [0.2, 0.25) is 0 Å². The van der Waals surface area contributed by atoms with E-state index in [0.29, 0.717) is 6.07 Å². The molecule has 0 radical (unpaired) electrons. The summed E-state index contributed by atoms with van der Waals surface area (Å²) in [6.07, 6.45) is 0. The van der Waals surface area contributed by atoms with Crippen molar-refractivity contribution in [2.45, 2.75) is 10.4 Å². The Morgan fingerprint density at radius 2 is 1.73 bits per heavy atom. The van der Waals surface area contributed by atoms with Gasteiger partial charge >= 0.3 is 5.51 Å². The van der Waals surface area contributed by atoms with E-state index >= 15 is 0 Å². The molecule has 84 valence electrons. The summed E-state index contributed by atoms with van der Waals surface area (Å²) in [5.41, 5.74) is -5.49. The molecule has 0 aliphatic carbocycles. The highest BCUT2D eigenvalue weighted by Gasteiger charge is 2.49. The van der Waals surface area contributed by atoms with Crippen molar-refractivity contribution in [3.8, 4) is 0 Å². The van der Waals surface area contributed by atoms with Crippen molar-refractivity contribution in [2.24, 2.45) is 0 Å². The van der Waals surface area contributed by atoms with Crippen molar-refractivity contribution in [1.29, 1.82) is 0 Å². The normalized spacial score (nSPS) is 12.9. The third kappa shape index (κ3) is 2.25. The third-order valence-corrected chi connectivity index (χ3v) is 4.32. The Morgan fingerprint density at radius 1 is 1.20 bits per heavy atom. The van der Waals surface area contributed by atoms with Crippen LogP contribution >= 0.6 is 22.6 Å². The first kappa shape index (κ1) is 12.7. The number of alkyl halides is 3. The molecule has 8 heteroatoms. The van der Waals surface area contributed by atoms with E-state index in [1.165, 1.54) is 22.6 Å². The second kappa shape index (κ2) is 3.89. The number of benzene rings is 1. The number of halogens is 5. The summed E-state index contributed by atoms with van der Waals surface area (Å²) in [5.74, 6) is -1.40. The highest BCUT2D eigenvalue weighted by atomic mass is 127. The first-order chi connectivity index (χ1) is 6.68. The minimum atomic E-state index is -5.62. The average molecular weight is 354 g/mol. The van der Waals surface area contributed by atoms with Gasteiger partial charge in [0.15, 0.2) is 0 Å². The van der Waals surface area contributed by atoms with Crippen LogP contribution in [-0.2, 0) is 9.84 Å². The van der Waals surface area contributed by atoms with Crippen molar-refractivity contribution < 1.29 is 26.0 Å². The largest absolute Gasteiger partial charge is 0.502 e. The molecule has 0 N–H and O–H groups in total. The number of hydrogen-bond acceptors (Lipinski definition) is 2. The maximum Gasteiger partial charge on any atom is 0.502 e. The first-order valence-corrected chi connectivity index (χ1v) is 5.99. The van der Waals surface area contributed by atoms with Crippen LogP contribution in [0.1, 0.15) is 0 Å². The average Bonchev–Trinajstić information content (AvgIpc) is 2.00. The van der Waals surface area contributed by atoms with Crippen LogP contribution in [0.4, 0.5) is 17.6 Å². The summed E-state index contributed by atoms with van der Waals surface area (Å²) in [7, 11) is -5.62. The van der Waals surface area contributed by atoms with Gasteiger partial charge in [0.25, 0.3) is 9.84 Å². The maximum atomic E-state index is 13.0. The fourth-order valence-electron chi connectivity index (χ4n) is 0.855. The summed E-state index contributed by atoms with van der Waals surface area (Å²) >= 11 is 1.33. The third-order valence-electron chi connectivity index (χ3n) is 1.49. The molecular weight excluding hydrogens is 351 g/mol. The van der Waals surface area contributed by atoms with Gasteiger partial charge in [-0.3, -0.25) is 0 Å². The van der Waals surface area contributed by atoms with Gasteiger partial charge in [0.05, 0.1) is 0 Å². The van der Waals surface area contributed by atoms with Crippen LogP contribution in [0.15, 0.2) is 23.1 Å². The van der Waals surface area contributed by atoms with Crippen LogP contribution in [0.3, 0.4) is 0 Å². The molecule has 15 heavy (non-hydrogen) atoms. The molecule has 2 nitrogen and oxygen atoms in total. The van der Waals surface area contributed by atoms with E-state index in [9.17, 15) is 26.0 Å². The van der Waals surface area contributed by atoms with Gasteiger partial charge in [0.2, 0.25) is 0 Å². The van der Waals surface area contributed by atoms with Crippen molar-refractivity contribution in [3.05, 3.63) is 27.6 Å². The molecule has 1 rings (SSSR count). The second-order valence-electron chi connectivity index (χ2n) is 2.50. The quantitative estimate of drug-likeness (QED) is 0.574. The van der Waals surface area contributed by atoms with Crippen LogP contribution in [0, 0.1) is 9.39 Å². The SMILES string of the molecule is O=S(=O)(c1c(F)cccc1I)C(F)(F)F. The zero-order valence-electron chi connectivity index (χ0n) is 6.85. The zero-order chi connectivity index (χ0) is 11.9. The molecule has 0 unspecified atom stereocenters. The van der Waals surface area contributed by atoms with E-state index in [2.05, 4.69) is 0 Å². The molecule has 0 aromatic heterocycles. The van der Waals surface area contributed by atoms with Gasteiger partial charge in [0, 0.05) is 3.57 Å². The molecular formula is C7H3F4IO2S. The number of hydrogen-bond donors (Lipinski definition) is 0. The molecule has 0 saturated carbocycles. The van der Waals surface area contributed by atoms with Gasteiger partial charge < -0.3 is 0 Å². The maximum absolute atomic E-state index is 13.0. The molecule has 0 aliphatic rings. The second-order valence-corrected chi connectivity index (χ2v) is 5.54. The van der Waals surface area contributed by atoms with Crippen LogP contribution in [0.5, 0.6) is 0 Å². The number of rotatable bonds is 1. The topological polar surface area (TPSA) is 34.1 Å². The lowest BCUT2D eigenvalue weighted by atomic mass is 10.3. The molecule has 0 aliphatic heterocycles. The molecule has 0 saturated heterocycles. The summed E-state index contributed by atoms with van der Waals surface area (Å²) in [6.45, 7) is 0. The lowest BCUT2D eigenvalue weighted by molar-refractivity contribution is -0.0438. The van der Waals surface area contributed by atoms with E-state index < -0.39 is 26.1 Å². The van der Waals surface area contributed by atoms with E-state index in [1.54, 1.807) is 0 Å².